The molecule has 0 bridgehead atoms. The molecule has 1 heterocycles. The van der Waals surface area contributed by atoms with Crippen LogP contribution in [0.2, 0.25) is 0 Å². The molecular weight excluding hydrogens is 228 g/mol. The zero-order valence-electron chi connectivity index (χ0n) is 10.8. The lowest BCUT2D eigenvalue weighted by molar-refractivity contribution is 0.262. The second-order valence-electron chi connectivity index (χ2n) is 4.27. The lowest BCUT2D eigenvalue weighted by Crippen LogP contribution is -2.08. The van der Waals surface area contributed by atoms with Gasteiger partial charge in [0.05, 0.1) is 13.2 Å². The topological polar surface area (TPSA) is 47.3 Å². The van der Waals surface area contributed by atoms with Crippen LogP contribution >= 0.6 is 0 Å². The maximum atomic E-state index is 9.28. The van der Waals surface area contributed by atoms with Gasteiger partial charge in [0.2, 0.25) is 0 Å². The van der Waals surface area contributed by atoms with Gasteiger partial charge in [0, 0.05) is 30.9 Å². The first-order chi connectivity index (χ1) is 8.72. The number of aryl methyl sites for hydroxylation is 2. The van der Waals surface area contributed by atoms with Crippen molar-refractivity contribution in [3.63, 3.8) is 0 Å². The summed E-state index contributed by atoms with van der Waals surface area (Å²) < 4.78 is 7.63. The second kappa shape index (κ2) is 5.69. The fraction of sp³-hybridized carbons (Fsp3) is 0.357. The standard InChI is InChI=1S/C14H18N2O2/c1-11-4-3-5-12(10-17)14(11)18-9-7-13-6-8-15-16(13)2/h3-6,8,17H,7,9-10H2,1-2H3. The normalized spacial score (nSPS) is 10.6. The molecule has 2 aromatic rings. The third-order valence-electron chi connectivity index (χ3n) is 2.99. The van der Waals surface area contributed by atoms with E-state index in [9.17, 15) is 5.11 Å². The fourth-order valence-corrected chi connectivity index (χ4v) is 1.95. The van der Waals surface area contributed by atoms with Crippen LogP contribution < -0.4 is 4.74 Å². The van der Waals surface area contributed by atoms with Crippen LogP contribution in [-0.4, -0.2) is 21.5 Å². The largest absolute Gasteiger partial charge is 0.493 e. The first kappa shape index (κ1) is 12.6. The predicted molar refractivity (Wildman–Crippen MR) is 69.5 cm³/mol. The van der Waals surface area contributed by atoms with E-state index < -0.39 is 0 Å². The number of aliphatic hydroxyl groups excluding tert-OH is 1. The maximum absolute atomic E-state index is 9.28. The minimum atomic E-state index is 0.00270. The van der Waals surface area contributed by atoms with Crippen LogP contribution in [0.4, 0.5) is 0 Å². The first-order valence-electron chi connectivity index (χ1n) is 6.01. The minimum absolute atomic E-state index is 0.00270. The summed E-state index contributed by atoms with van der Waals surface area (Å²) in [7, 11) is 1.92. The highest BCUT2D eigenvalue weighted by Gasteiger charge is 2.06. The van der Waals surface area contributed by atoms with Gasteiger partial charge in [0.25, 0.3) is 0 Å². The molecule has 1 aromatic heterocycles. The molecule has 0 saturated carbocycles. The van der Waals surface area contributed by atoms with Crippen LogP contribution in [0.5, 0.6) is 5.75 Å². The molecule has 1 aromatic carbocycles. The zero-order valence-corrected chi connectivity index (χ0v) is 10.8. The van der Waals surface area contributed by atoms with Crippen LogP contribution in [-0.2, 0) is 20.1 Å². The number of aliphatic hydroxyl groups is 1. The highest BCUT2D eigenvalue weighted by molar-refractivity contribution is 5.40. The van der Waals surface area contributed by atoms with E-state index in [2.05, 4.69) is 5.10 Å². The summed E-state index contributed by atoms with van der Waals surface area (Å²) in [5.74, 6) is 0.794. The van der Waals surface area contributed by atoms with Crippen molar-refractivity contribution >= 4 is 0 Å². The van der Waals surface area contributed by atoms with Crippen LogP contribution in [0, 0.1) is 6.92 Å². The maximum Gasteiger partial charge on any atom is 0.127 e. The van der Waals surface area contributed by atoms with E-state index in [4.69, 9.17) is 4.74 Å². The lowest BCUT2D eigenvalue weighted by Gasteiger charge is -2.12. The molecular formula is C14H18N2O2. The number of aromatic nitrogens is 2. The predicted octanol–water partition coefficient (Wildman–Crippen LogP) is 1.84. The van der Waals surface area contributed by atoms with Crippen molar-refractivity contribution in [3.8, 4) is 5.75 Å². The Morgan fingerprint density at radius 2 is 2.17 bits per heavy atom. The van der Waals surface area contributed by atoms with E-state index in [0.717, 1.165) is 29.0 Å². The number of benzene rings is 1. The van der Waals surface area contributed by atoms with Gasteiger partial charge in [-0.05, 0) is 18.6 Å². The van der Waals surface area contributed by atoms with Crippen molar-refractivity contribution in [1.29, 1.82) is 0 Å². The molecule has 2 rings (SSSR count). The summed E-state index contributed by atoms with van der Waals surface area (Å²) >= 11 is 0. The molecule has 4 nitrogen and oxygen atoms in total. The summed E-state index contributed by atoms with van der Waals surface area (Å²) in [6.45, 7) is 2.57. The Bertz CT molecular complexity index is 520. The van der Waals surface area contributed by atoms with Crippen molar-refractivity contribution in [2.75, 3.05) is 6.61 Å². The third kappa shape index (κ3) is 2.71. The van der Waals surface area contributed by atoms with Gasteiger partial charge in [-0.25, -0.2) is 0 Å². The summed E-state index contributed by atoms with van der Waals surface area (Å²) in [5.41, 5.74) is 3.01. The SMILES string of the molecule is Cc1cccc(CO)c1OCCc1ccnn1C. The highest BCUT2D eigenvalue weighted by atomic mass is 16.5. The second-order valence-corrected chi connectivity index (χ2v) is 4.27. The van der Waals surface area contributed by atoms with Crippen molar-refractivity contribution in [2.24, 2.45) is 7.05 Å². The van der Waals surface area contributed by atoms with E-state index in [1.165, 1.54) is 0 Å². The van der Waals surface area contributed by atoms with Gasteiger partial charge in [0.1, 0.15) is 5.75 Å². The molecule has 96 valence electrons. The van der Waals surface area contributed by atoms with Gasteiger partial charge < -0.3 is 9.84 Å². The van der Waals surface area contributed by atoms with E-state index >= 15 is 0 Å². The summed E-state index contributed by atoms with van der Waals surface area (Å²) in [6.07, 6.45) is 2.58. The molecule has 0 fully saturated rings. The minimum Gasteiger partial charge on any atom is -0.493 e. The third-order valence-corrected chi connectivity index (χ3v) is 2.99. The van der Waals surface area contributed by atoms with Crippen molar-refractivity contribution in [2.45, 2.75) is 20.0 Å². The van der Waals surface area contributed by atoms with Crippen LogP contribution in [0.15, 0.2) is 30.5 Å². The van der Waals surface area contributed by atoms with E-state index in [1.807, 2.05) is 42.9 Å². The highest BCUT2D eigenvalue weighted by Crippen LogP contribution is 2.23. The van der Waals surface area contributed by atoms with Gasteiger partial charge in [-0.2, -0.15) is 5.10 Å². The number of para-hydroxylation sites is 1. The Morgan fingerprint density at radius 1 is 1.33 bits per heavy atom. The summed E-state index contributed by atoms with van der Waals surface area (Å²) in [5, 5.41) is 13.4. The molecule has 0 radical (unpaired) electrons. The molecule has 0 aliphatic rings. The Hall–Kier alpha value is -1.81. The Morgan fingerprint density at radius 3 is 2.83 bits per heavy atom. The summed E-state index contributed by atoms with van der Waals surface area (Å²) in [6, 6.07) is 7.77. The molecule has 0 unspecified atom stereocenters. The zero-order chi connectivity index (χ0) is 13.0. The molecule has 4 heteroatoms. The van der Waals surface area contributed by atoms with Gasteiger partial charge in [-0.15, -0.1) is 0 Å². The van der Waals surface area contributed by atoms with E-state index in [0.29, 0.717) is 6.61 Å². The van der Waals surface area contributed by atoms with Crippen molar-refractivity contribution < 1.29 is 9.84 Å². The Balaban J connectivity index is 2.00. The molecule has 0 saturated heterocycles. The smallest absolute Gasteiger partial charge is 0.127 e. The fourth-order valence-electron chi connectivity index (χ4n) is 1.95. The van der Waals surface area contributed by atoms with Crippen molar-refractivity contribution in [3.05, 3.63) is 47.3 Å². The molecule has 0 aliphatic heterocycles. The van der Waals surface area contributed by atoms with Gasteiger partial charge in [-0.3, -0.25) is 4.68 Å². The van der Waals surface area contributed by atoms with E-state index in [1.54, 1.807) is 6.20 Å². The average molecular weight is 246 g/mol. The number of nitrogens with zero attached hydrogens (tertiary/aromatic N) is 2. The number of rotatable bonds is 5. The summed E-state index contributed by atoms with van der Waals surface area (Å²) in [4.78, 5) is 0. The van der Waals surface area contributed by atoms with Crippen LogP contribution in [0.25, 0.3) is 0 Å². The molecule has 0 aliphatic carbocycles. The molecule has 0 amide bonds. The van der Waals surface area contributed by atoms with Gasteiger partial charge >= 0.3 is 0 Å². The van der Waals surface area contributed by atoms with Crippen molar-refractivity contribution in [1.82, 2.24) is 9.78 Å². The molecule has 0 atom stereocenters. The number of hydrogen-bond acceptors (Lipinski definition) is 3. The Labute approximate surface area is 107 Å². The quantitative estimate of drug-likeness (QED) is 0.875. The van der Waals surface area contributed by atoms with E-state index in [-0.39, 0.29) is 6.61 Å². The van der Waals surface area contributed by atoms with Crippen LogP contribution in [0.1, 0.15) is 16.8 Å². The molecule has 18 heavy (non-hydrogen) atoms. The number of ether oxygens (including phenoxy) is 1. The van der Waals surface area contributed by atoms with Crippen LogP contribution in [0.3, 0.4) is 0 Å². The molecule has 1 N–H and O–H groups in total. The average Bonchev–Trinajstić information content (AvgIpc) is 2.77. The molecule has 0 spiro atoms. The van der Waals surface area contributed by atoms with Gasteiger partial charge in [-0.1, -0.05) is 18.2 Å². The lowest BCUT2D eigenvalue weighted by atomic mass is 10.1. The number of hydrogen-bond donors (Lipinski definition) is 1. The van der Waals surface area contributed by atoms with Gasteiger partial charge in [0.15, 0.2) is 0 Å². The Kier molecular flexibility index (Phi) is 3.99. The first-order valence-corrected chi connectivity index (χ1v) is 6.01. The monoisotopic (exact) mass is 246 g/mol.